The van der Waals surface area contributed by atoms with Crippen LogP contribution in [-0.4, -0.2) is 23.0 Å². The van der Waals surface area contributed by atoms with Gasteiger partial charge in [0.05, 0.1) is 17.2 Å². The zero-order chi connectivity index (χ0) is 24.6. The largest absolute Gasteiger partial charge is 0.478 e. The maximum Gasteiger partial charge on any atom is 0.416 e. The van der Waals surface area contributed by atoms with Crippen LogP contribution in [0.25, 0.3) is 11.1 Å². The quantitative estimate of drug-likeness (QED) is 0.467. The van der Waals surface area contributed by atoms with Gasteiger partial charge in [0.1, 0.15) is 0 Å². The number of carboxylic acid groups (broad SMARTS) is 1. The molecular weight excluding hydrogens is 445 g/mol. The first-order chi connectivity index (χ1) is 16.0. The van der Waals surface area contributed by atoms with Gasteiger partial charge in [-0.1, -0.05) is 24.3 Å². The van der Waals surface area contributed by atoms with Crippen molar-refractivity contribution in [2.24, 2.45) is 0 Å². The Morgan fingerprint density at radius 1 is 1.00 bits per heavy atom. The molecule has 0 spiro atoms. The summed E-state index contributed by atoms with van der Waals surface area (Å²) in [5.41, 5.74) is 2.85. The Kier molecular flexibility index (Phi) is 6.08. The highest BCUT2D eigenvalue weighted by Crippen LogP contribution is 2.41. The number of alkyl halides is 3. The van der Waals surface area contributed by atoms with Crippen molar-refractivity contribution in [3.8, 4) is 11.1 Å². The van der Waals surface area contributed by atoms with Crippen LogP contribution < -0.4 is 10.2 Å². The van der Waals surface area contributed by atoms with Crippen molar-refractivity contribution in [3.63, 3.8) is 0 Å². The Morgan fingerprint density at radius 2 is 1.68 bits per heavy atom. The number of hydrogen-bond acceptors (Lipinski definition) is 3. The van der Waals surface area contributed by atoms with E-state index in [-0.39, 0.29) is 23.6 Å². The zero-order valence-corrected chi connectivity index (χ0v) is 18.6. The number of amides is 1. The molecule has 2 unspecified atom stereocenters. The number of nitrogens with zero attached hydrogens (tertiary/aromatic N) is 1. The first-order valence-electron chi connectivity index (χ1n) is 10.8. The fraction of sp³-hybridized carbons (Fsp3) is 0.231. The summed E-state index contributed by atoms with van der Waals surface area (Å²) in [4.78, 5) is 25.2. The molecule has 2 atom stereocenters. The van der Waals surface area contributed by atoms with Crippen molar-refractivity contribution in [1.29, 1.82) is 0 Å². The molecule has 0 radical (unpaired) electrons. The lowest BCUT2D eigenvalue weighted by molar-refractivity contribution is -0.137. The predicted octanol–water partition coefficient (Wildman–Crippen LogP) is 6.37. The van der Waals surface area contributed by atoms with Gasteiger partial charge < -0.3 is 15.3 Å². The van der Waals surface area contributed by atoms with Gasteiger partial charge in [0, 0.05) is 24.3 Å². The SMILES string of the molecule is CC(=O)N1c2ccc(-c3ccc(C(=O)O)cc3)cc2C(Nc2cccc(C(F)(F)F)c2)CC1C. The van der Waals surface area contributed by atoms with Crippen molar-refractivity contribution >= 4 is 23.3 Å². The summed E-state index contributed by atoms with van der Waals surface area (Å²) in [5, 5.41) is 12.4. The number of hydrogen-bond donors (Lipinski definition) is 2. The Morgan fingerprint density at radius 3 is 2.29 bits per heavy atom. The van der Waals surface area contributed by atoms with Gasteiger partial charge in [0.25, 0.3) is 0 Å². The maximum atomic E-state index is 13.2. The molecule has 5 nitrogen and oxygen atoms in total. The minimum absolute atomic E-state index is 0.121. The van der Waals surface area contributed by atoms with Crippen molar-refractivity contribution in [3.05, 3.63) is 83.4 Å². The molecule has 1 heterocycles. The third-order valence-electron chi connectivity index (χ3n) is 6.02. The first kappa shape index (κ1) is 23.4. The van der Waals surface area contributed by atoms with Crippen LogP contribution in [0.5, 0.6) is 0 Å². The lowest BCUT2D eigenvalue weighted by atomic mass is 9.88. The minimum atomic E-state index is -4.45. The lowest BCUT2D eigenvalue weighted by Crippen LogP contribution is -2.43. The van der Waals surface area contributed by atoms with E-state index in [9.17, 15) is 22.8 Å². The van der Waals surface area contributed by atoms with Gasteiger partial charge in [0.15, 0.2) is 0 Å². The summed E-state index contributed by atoms with van der Waals surface area (Å²) in [5.74, 6) is -1.14. The first-order valence-corrected chi connectivity index (χ1v) is 10.8. The molecule has 2 N–H and O–H groups in total. The van der Waals surface area contributed by atoms with Gasteiger partial charge in [-0.15, -0.1) is 0 Å². The molecule has 3 aromatic rings. The summed E-state index contributed by atoms with van der Waals surface area (Å²) in [7, 11) is 0. The summed E-state index contributed by atoms with van der Waals surface area (Å²) in [6, 6.07) is 16.6. The average molecular weight is 468 g/mol. The highest BCUT2D eigenvalue weighted by atomic mass is 19.4. The summed E-state index contributed by atoms with van der Waals surface area (Å²) < 4.78 is 39.6. The Balaban J connectivity index is 1.75. The number of nitrogens with one attached hydrogen (secondary N) is 1. The molecule has 0 fully saturated rings. The van der Waals surface area contributed by atoms with Crippen LogP contribution in [0.15, 0.2) is 66.7 Å². The highest BCUT2D eigenvalue weighted by molar-refractivity contribution is 5.94. The van der Waals surface area contributed by atoms with Crippen LogP contribution >= 0.6 is 0 Å². The van der Waals surface area contributed by atoms with E-state index in [0.29, 0.717) is 17.8 Å². The smallest absolute Gasteiger partial charge is 0.416 e. The van der Waals surface area contributed by atoms with Gasteiger partial charge in [0.2, 0.25) is 5.91 Å². The summed E-state index contributed by atoms with van der Waals surface area (Å²) in [6.45, 7) is 3.39. The van der Waals surface area contributed by atoms with Crippen LogP contribution in [0.2, 0.25) is 0 Å². The Bertz CT molecular complexity index is 1240. The number of halogens is 3. The van der Waals surface area contributed by atoms with E-state index in [2.05, 4.69) is 5.32 Å². The fourth-order valence-corrected chi connectivity index (χ4v) is 4.45. The van der Waals surface area contributed by atoms with E-state index >= 15 is 0 Å². The van der Waals surface area contributed by atoms with Gasteiger partial charge in [-0.25, -0.2) is 4.79 Å². The van der Waals surface area contributed by atoms with E-state index < -0.39 is 17.7 Å². The van der Waals surface area contributed by atoms with Crippen molar-refractivity contribution in [2.45, 2.75) is 38.5 Å². The average Bonchev–Trinajstić information content (AvgIpc) is 2.78. The molecule has 3 aromatic carbocycles. The summed E-state index contributed by atoms with van der Waals surface area (Å²) >= 11 is 0. The fourth-order valence-electron chi connectivity index (χ4n) is 4.45. The van der Waals surface area contributed by atoms with Gasteiger partial charge in [-0.2, -0.15) is 13.2 Å². The molecule has 1 amide bonds. The van der Waals surface area contributed by atoms with Crippen molar-refractivity contribution in [1.82, 2.24) is 0 Å². The normalized spacial score (nSPS) is 17.7. The molecular formula is C26H23F3N2O3. The van der Waals surface area contributed by atoms with Crippen LogP contribution in [0.4, 0.5) is 24.5 Å². The van der Waals surface area contributed by atoms with E-state index in [1.165, 1.54) is 25.1 Å². The van der Waals surface area contributed by atoms with E-state index in [4.69, 9.17) is 5.11 Å². The number of benzene rings is 3. The highest BCUT2D eigenvalue weighted by Gasteiger charge is 2.34. The van der Waals surface area contributed by atoms with E-state index in [1.54, 1.807) is 23.1 Å². The Hall–Kier alpha value is -3.81. The second-order valence-electron chi connectivity index (χ2n) is 8.41. The van der Waals surface area contributed by atoms with Crippen LogP contribution in [0, 0.1) is 0 Å². The predicted molar refractivity (Wildman–Crippen MR) is 124 cm³/mol. The number of carbonyl (C=O) groups excluding carboxylic acids is 1. The number of rotatable bonds is 4. The molecule has 0 bridgehead atoms. The van der Waals surface area contributed by atoms with Crippen molar-refractivity contribution < 1.29 is 27.9 Å². The second-order valence-corrected chi connectivity index (χ2v) is 8.41. The second kappa shape index (κ2) is 8.85. The molecule has 4 rings (SSSR count). The third-order valence-corrected chi connectivity index (χ3v) is 6.02. The molecule has 1 aliphatic rings. The molecule has 1 aliphatic heterocycles. The Labute approximate surface area is 194 Å². The standard InChI is InChI=1S/C26H23F3N2O3/c1-15-12-23(30-21-5-3-4-20(14-21)26(27,28)29)22-13-19(10-11-24(22)31(15)16(2)32)17-6-8-18(9-7-17)25(33)34/h3-11,13-15,23,30H,12H2,1-2H3,(H,33,34). The topological polar surface area (TPSA) is 69.6 Å². The van der Waals surface area contributed by atoms with Gasteiger partial charge >= 0.3 is 12.1 Å². The van der Waals surface area contributed by atoms with Crippen molar-refractivity contribution in [2.75, 3.05) is 10.2 Å². The van der Waals surface area contributed by atoms with E-state index in [0.717, 1.165) is 28.8 Å². The van der Waals surface area contributed by atoms with Gasteiger partial charge in [-0.05, 0) is 72.5 Å². The molecule has 0 aliphatic carbocycles. The summed E-state index contributed by atoms with van der Waals surface area (Å²) in [6.07, 6.45) is -3.94. The van der Waals surface area contributed by atoms with Gasteiger partial charge in [-0.3, -0.25) is 4.79 Å². The molecule has 0 aromatic heterocycles. The van der Waals surface area contributed by atoms with Crippen LogP contribution in [0.1, 0.15) is 47.8 Å². The number of aromatic carboxylic acids is 1. The number of fused-ring (bicyclic) bond motifs is 1. The zero-order valence-electron chi connectivity index (χ0n) is 18.6. The number of anilines is 2. The van der Waals surface area contributed by atoms with Crippen LogP contribution in [0.3, 0.4) is 0 Å². The molecule has 8 heteroatoms. The number of carboxylic acids is 1. The maximum absolute atomic E-state index is 13.2. The molecule has 0 saturated heterocycles. The van der Waals surface area contributed by atoms with E-state index in [1.807, 2.05) is 25.1 Å². The monoisotopic (exact) mass is 468 g/mol. The third kappa shape index (κ3) is 4.62. The molecule has 176 valence electrons. The van der Waals surface area contributed by atoms with Crippen LogP contribution in [-0.2, 0) is 11.0 Å². The minimum Gasteiger partial charge on any atom is -0.478 e. The lowest BCUT2D eigenvalue weighted by Gasteiger charge is -2.40. The molecule has 0 saturated carbocycles. The number of carbonyl (C=O) groups is 2. The molecule has 34 heavy (non-hydrogen) atoms.